The normalized spacial score (nSPS) is 19.8. The van der Waals surface area contributed by atoms with Gasteiger partial charge < -0.3 is 10.4 Å². The lowest BCUT2D eigenvalue weighted by Gasteiger charge is -2.17. The van der Waals surface area contributed by atoms with Gasteiger partial charge in [0.15, 0.2) is 0 Å². The molecular formula is C19H22ClN3O2. The van der Waals surface area contributed by atoms with E-state index < -0.39 is 6.10 Å². The third-order valence-electron chi connectivity index (χ3n) is 4.84. The van der Waals surface area contributed by atoms with E-state index in [0.29, 0.717) is 17.3 Å². The Balaban J connectivity index is 1.82. The molecule has 0 radical (unpaired) electrons. The highest BCUT2D eigenvalue weighted by Crippen LogP contribution is 2.21. The second-order valence-electron chi connectivity index (χ2n) is 6.62. The summed E-state index contributed by atoms with van der Waals surface area (Å²) in [5, 5.41) is 13.3. The molecule has 0 saturated heterocycles. The Morgan fingerprint density at radius 2 is 2.16 bits per heavy atom. The fourth-order valence-electron chi connectivity index (χ4n) is 3.18. The number of aryl methyl sites for hydroxylation is 1. The number of aliphatic hydroxyl groups is 1. The molecular weight excluding hydrogens is 338 g/mol. The lowest BCUT2D eigenvalue weighted by Crippen LogP contribution is -2.40. The Labute approximate surface area is 152 Å². The van der Waals surface area contributed by atoms with Crippen LogP contribution in [-0.2, 0) is 6.42 Å². The number of hydrogen-bond donors (Lipinski definition) is 2. The van der Waals surface area contributed by atoms with Gasteiger partial charge in [0, 0.05) is 11.9 Å². The molecule has 1 aliphatic rings. The van der Waals surface area contributed by atoms with E-state index in [1.165, 1.54) is 0 Å². The van der Waals surface area contributed by atoms with E-state index in [2.05, 4.69) is 15.3 Å². The van der Waals surface area contributed by atoms with Crippen LogP contribution in [0.15, 0.2) is 24.4 Å². The van der Waals surface area contributed by atoms with E-state index in [4.69, 9.17) is 11.6 Å². The first-order valence-electron chi connectivity index (χ1n) is 8.50. The Morgan fingerprint density at radius 1 is 1.36 bits per heavy atom. The highest BCUT2D eigenvalue weighted by Gasteiger charge is 2.27. The number of carbonyl (C=O) groups is 1. The van der Waals surface area contributed by atoms with Gasteiger partial charge in [0.05, 0.1) is 12.1 Å². The molecule has 0 aromatic carbocycles. The van der Waals surface area contributed by atoms with Crippen LogP contribution in [0.5, 0.6) is 0 Å². The molecule has 25 heavy (non-hydrogen) atoms. The van der Waals surface area contributed by atoms with Crippen LogP contribution in [-0.4, -0.2) is 33.1 Å². The van der Waals surface area contributed by atoms with Crippen molar-refractivity contribution in [1.82, 2.24) is 15.3 Å². The molecule has 1 fully saturated rings. The number of pyridine rings is 2. The number of aliphatic hydroxyl groups excluding tert-OH is 1. The fourth-order valence-corrected chi connectivity index (χ4v) is 3.30. The first-order chi connectivity index (χ1) is 11.9. The number of amides is 1. The van der Waals surface area contributed by atoms with Gasteiger partial charge in [-0.3, -0.25) is 4.79 Å². The number of hydrogen-bond acceptors (Lipinski definition) is 4. The predicted octanol–water partition coefficient (Wildman–Crippen LogP) is 2.98. The maximum absolute atomic E-state index is 12.5. The summed E-state index contributed by atoms with van der Waals surface area (Å²) in [6, 6.07) is 5.34. The molecule has 2 N–H and O–H groups in total. The van der Waals surface area contributed by atoms with Crippen molar-refractivity contribution in [2.75, 3.05) is 0 Å². The van der Waals surface area contributed by atoms with Gasteiger partial charge in [0.1, 0.15) is 10.8 Å². The van der Waals surface area contributed by atoms with Crippen LogP contribution >= 0.6 is 11.6 Å². The number of aromatic nitrogens is 2. The molecule has 0 aliphatic heterocycles. The third-order valence-corrected chi connectivity index (χ3v) is 5.06. The van der Waals surface area contributed by atoms with Gasteiger partial charge in [-0.1, -0.05) is 17.7 Å². The van der Waals surface area contributed by atoms with E-state index in [1.807, 2.05) is 26.0 Å². The van der Waals surface area contributed by atoms with Crippen LogP contribution in [0.2, 0.25) is 5.15 Å². The molecule has 2 atom stereocenters. The maximum Gasteiger partial charge on any atom is 0.270 e. The second kappa shape index (κ2) is 7.50. The van der Waals surface area contributed by atoms with Crippen molar-refractivity contribution in [2.24, 2.45) is 0 Å². The Hall–Kier alpha value is -1.98. The second-order valence-corrected chi connectivity index (χ2v) is 7.01. The summed E-state index contributed by atoms with van der Waals surface area (Å²) >= 11 is 5.84. The average molecular weight is 360 g/mol. The van der Waals surface area contributed by atoms with E-state index in [-0.39, 0.29) is 11.9 Å². The van der Waals surface area contributed by atoms with Crippen LogP contribution < -0.4 is 5.32 Å². The minimum Gasteiger partial charge on any atom is -0.391 e. The van der Waals surface area contributed by atoms with Crippen molar-refractivity contribution >= 4 is 17.5 Å². The minimum absolute atomic E-state index is 0.181. The average Bonchev–Trinajstić information content (AvgIpc) is 2.98. The number of halogens is 1. The highest BCUT2D eigenvalue weighted by molar-refractivity contribution is 6.29. The van der Waals surface area contributed by atoms with Gasteiger partial charge in [-0.2, -0.15) is 0 Å². The van der Waals surface area contributed by atoms with Crippen molar-refractivity contribution in [2.45, 2.75) is 51.7 Å². The van der Waals surface area contributed by atoms with Crippen molar-refractivity contribution in [3.05, 3.63) is 57.6 Å². The summed E-state index contributed by atoms with van der Waals surface area (Å²) in [5.41, 5.74) is 4.34. The summed E-state index contributed by atoms with van der Waals surface area (Å²) in [6.07, 6.45) is 4.41. The van der Waals surface area contributed by atoms with Crippen molar-refractivity contribution < 1.29 is 9.90 Å². The monoisotopic (exact) mass is 359 g/mol. The van der Waals surface area contributed by atoms with Crippen molar-refractivity contribution in [3.8, 4) is 0 Å². The molecule has 2 heterocycles. The molecule has 1 aliphatic carbocycles. The summed E-state index contributed by atoms with van der Waals surface area (Å²) in [4.78, 5) is 21.1. The van der Waals surface area contributed by atoms with E-state index >= 15 is 0 Å². The molecule has 5 nitrogen and oxygen atoms in total. The standard InChI is InChI=1S/C19H22ClN3O2/c1-11-12(2)22-16(19(25)23-15-4-3-5-17(15)24)9-14(11)8-13-6-7-18(20)21-10-13/h6-7,9-10,15,17,24H,3-5,8H2,1-2H3,(H,23,25)/t15-,17-/m0/s1. The molecule has 2 aromatic rings. The molecule has 6 heteroatoms. The molecule has 0 bridgehead atoms. The zero-order chi connectivity index (χ0) is 18.0. The first-order valence-corrected chi connectivity index (χ1v) is 8.88. The Kier molecular flexibility index (Phi) is 5.35. The molecule has 1 saturated carbocycles. The lowest BCUT2D eigenvalue weighted by molar-refractivity contribution is 0.0868. The SMILES string of the molecule is Cc1nc(C(=O)N[C@H]2CCC[C@@H]2O)cc(Cc2ccc(Cl)nc2)c1C. The number of nitrogens with one attached hydrogen (secondary N) is 1. The maximum atomic E-state index is 12.5. The molecule has 132 valence electrons. The van der Waals surface area contributed by atoms with Gasteiger partial charge in [0.2, 0.25) is 0 Å². The molecule has 0 spiro atoms. The van der Waals surface area contributed by atoms with Crippen molar-refractivity contribution in [3.63, 3.8) is 0 Å². The van der Waals surface area contributed by atoms with E-state index in [9.17, 15) is 9.90 Å². The van der Waals surface area contributed by atoms with Crippen LogP contribution in [0.1, 0.15) is 52.1 Å². The summed E-state index contributed by atoms with van der Waals surface area (Å²) < 4.78 is 0. The Bertz CT molecular complexity index is 777. The fraction of sp³-hybridized carbons (Fsp3) is 0.421. The van der Waals surface area contributed by atoms with Gasteiger partial charge in [-0.05, 0) is 68.4 Å². The summed E-state index contributed by atoms with van der Waals surface area (Å²) in [7, 11) is 0. The summed E-state index contributed by atoms with van der Waals surface area (Å²) in [6.45, 7) is 3.91. The molecule has 2 aromatic heterocycles. The van der Waals surface area contributed by atoms with Gasteiger partial charge >= 0.3 is 0 Å². The van der Waals surface area contributed by atoms with E-state index in [1.54, 1.807) is 12.3 Å². The number of carbonyl (C=O) groups excluding carboxylic acids is 1. The Morgan fingerprint density at radius 3 is 2.80 bits per heavy atom. The topological polar surface area (TPSA) is 75.1 Å². The predicted molar refractivity (Wildman–Crippen MR) is 96.9 cm³/mol. The first kappa shape index (κ1) is 17.8. The smallest absolute Gasteiger partial charge is 0.270 e. The minimum atomic E-state index is -0.463. The van der Waals surface area contributed by atoms with Gasteiger partial charge in [-0.15, -0.1) is 0 Å². The number of nitrogens with zero attached hydrogens (tertiary/aromatic N) is 2. The molecule has 0 unspecified atom stereocenters. The van der Waals surface area contributed by atoms with Crippen LogP contribution in [0.25, 0.3) is 0 Å². The quantitative estimate of drug-likeness (QED) is 0.823. The molecule has 1 amide bonds. The lowest BCUT2D eigenvalue weighted by atomic mass is 10.00. The van der Waals surface area contributed by atoms with Crippen molar-refractivity contribution in [1.29, 1.82) is 0 Å². The number of rotatable bonds is 4. The zero-order valence-corrected chi connectivity index (χ0v) is 15.2. The highest BCUT2D eigenvalue weighted by atomic mass is 35.5. The van der Waals surface area contributed by atoms with Crippen LogP contribution in [0.4, 0.5) is 0 Å². The largest absolute Gasteiger partial charge is 0.391 e. The zero-order valence-electron chi connectivity index (χ0n) is 14.4. The van der Waals surface area contributed by atoms with Gasteiger partial charge in [-0.25, -0.2) is 9.97 Å². The molecule has 3 rings (SSSR count). The van der Waals surface area contributed by atoms with Crippen LogP contribution in [0, 0.1) is 13.8 Å². The van der Waals surface area contributed by atoms with Gasteiger partial charge in [0.25, 0.3) is 5.91 Å². The van der Waals surface area contributed by atoms with E-state index in [0.717, 1.165) is 41.6 Å². The van der Waals surface area contributed by atoms with Crippen LogP contribution in [0.3, 0.4) is 0 Å². The third kappa shape index (κ3) is 4.17. The summed E-state index contributed by atoms with van der Waals surface area (Å²) in [5.74, 6) is -0.232.